The average molecular weight is 264 g/mol. The third kappa shape index (κ3) is 3.43. The summed E-state index contributed by atoms with van der Waals surface area (Å²) in [6, 6.07) is 10.7. The summed E-state index contributed by atoms with van der Waals surface area (Å²) in [5.41, 5.74) is 1.29. The van der Waals surface area contributed by atoms with Gasteiger partial charge < -0.3 is 15.3 Å². The highest BCUT2D eigenvalue weighted by molar-refractivity contribution is 7.80. The number of nitrogens with zero attached hydrogens (tertiary/aromatic N) is 1. The van der Waals surface area contributed by atoms with E-state index in [2.05, 4.69) is 29.6 Å². The van der Waals surface area contributed by atoms with Crippen molar-refractivity contribution in [2.75, 3.05) is 20.2 Å². The lowest BCUT2D eigenvalue weighted by Gasteiger charge is -2.26. The zero-order chi connectivity index (χ0) is 13.0. The fourth-order valence-electron chi connectivity index (χ4n) is 2.06. The molecule has 1 atom stereocenters. The minimum Gasteiger partial charge on any atom is -0.395 e. The number of thiocarbonyl (C=S) groups is 1. The molecule has 18 heavy (non-hydrogen) atoms. The van der Waals surface area contributed by atoms with E-state index in [1.807, 2.05) is 18.0 Å². The zero-order valence-electron chi connectivity index (χ0n) is 10.7. The van der Waals surface area contributed by atoms with Gasteiger partial charge in [-0.2, -0.15) is 0 Å². The third-order valence-corrected chi connectivity index (χ3v) is 3.74. The molecule has 1 aromatic carbocycles. The number of hydrogen-bond donors (Lipinski definition) is 2. The number of benzene rings is 1. The van der Waals surface area contributed by atoms with Crippen molar-refractivity contribution in [2.24, 2.45) is 5.92 Å². The van der Waals surface area contributed by atoms with Crippen molar-refractivity contribution in [1.82, 2.24) is 10.2 Å². The van der Waals surface area contributed by atoms with Crippen LogP contribution in [0.25, 0.3) is 0 Å². The lowest BCUT2D eigenvalue weighted by Crippen LogP contribution is -2.41. The lowest BCUT2D eigenvalue weighted by molar-refractivity contribution is 0.262. The second kappa shape index (κ2) is 6.16. The molecule has 98 valence electrons. The molecule has 1 saturated carbocycles. The summed E-state index contributed by atoms with van der Waals surface area (Å²) in [6.07, 6.45) is 2.53. The SMILES string of the molecule is CN(CCO)C(=S)NC(c1ccccc1)C1CC1. The predicted molar refractivity (Wildman–Crippen MR) is 77.4 cm³/mol. The summed E-state index contributed by atoms with van der Waals surface area (Å²) in [4.78, 5) is 1.88. The van der Waals surface area contributed by atoms with E-state index < -0.39 is 0 Å². The molecule has 2 rings (SSSR count). The Morgan fingerprint density at radius 1 is 1.44 bits per heavy atom. The van der Waals surface area contributed by atoms with E-state index in [-0.39, 0.29) is 6.61 Å². The molecule has 1 fully saturated rings. The van der Waals surface area contributed by atoms with Gasteiger partial charge in [0.2, 0.25) is 0 Å². The fourth-order valence-corrected chi connectivity index (χ4v) is 2.28. The van der Waals surface area contributed by atoms with Gasteiger partial charge in [0.15, 0.2) is 5.11 Å². The molecule has 0 saturated heterocycles. The molecule has 0 aromatic heterocycles. The topological polar surface area (TPSA) is 35.5 Å². The molecule has 1 unspecified atom stereocenters. The van der Waals surface area contributed by atoms with Gasteiger partial charge in [0, 0.05) is 13.6 Å². The van der Waals surface area contributed by atoms with Gasteiger partial charge in [0.1, 0.15) is 0 Å². The Hall–Kier alpha value is -1.13. The smallest absolute Gasteiger partial charge is 0.169 e. The molecule has 0 bridgehead atoms. The summed E-state index contributed by atoms with van der Waals surface area (Å²) < 4.78 is 0. The first-order chi connectivity index (χ1) is 8.72. The Morgan fingerprint density at radius 2 is 2.11 bits per heavy atom. The Morgan fingerprint density at radius 3 is 2.67 bits per heavy atom. The van der Waals surface area contributed by atoms with Crippen molar-refractivity contribution in [2.45, 2.75) is 18.9 Å². The van der Waals surface area contributed by atoms with Crippen molar-refractivity contribution in [3.8, 4) is 0 Å². The van der Waals surface area contributed by atoms with Gasteiger partial charge in [0.05, 0.1) is 12.6 Å². The maximum atomic E-state index is 8.93. The fraction of sp³-hybridized carbons (Fsp3) is 0.500. The Balaban J connectivity index is 2.01. The van der Waals surface area contributed by atoms with Gasteiger partial charge in [-0.3, -0.25) is 0 Å². The monoisotopic (exact) mass is 264 g/mol. The van der Waals surface area contributed by atoms with Crippen LogP contribution in [-0.4, -0.2) is 35.3 Å². The maximum Gasteiger partial charge on any atom is 0.169 e. The molecule has 1 aromatic rings. The number of likely N-dealkylation sites (N-methyl/N-ethyl adjacent to an activating group) is 1. The van der Waals surface area contributed by atoms with Crippen LogP contribution < -0.4 is 5.32 Å². The lowest BCUT2D eigenvalue weighted by atomic mass is 10.0. The maximum absolute atomic E-state index is 8.93. The van der Waals surface area contributed by atoms with Crippen LogP contribution in [0.2, 0.25) is 0 Å². The van der Waals surface area contributed by atoms with E-state index in [4.69, 9.17) is 17.3 Å². The summed E-state index contributed by atoms with van der Waals surface area (Å²) in [6.45, 7) is 0.690. The summed E-state index contributed by atoms with van der Waals surface area (Å²) >= 11 is 5.37. The summed E-state index contributed by atoms with van der Waals surface area (Å²) in [7, 11) is 1.90. The predicted octanol–water partition coefficient (Wildman–Crippen LogP) is 1.94. The van der Waals surface area contributed by atoms with Crippen LogP contribution >= 0.6 is 12.2 Å². The van der Waals surface area contributed by atoms with Gasteiger partial charge in [-0.1, -0.05) is 30.3 Å². The number of hydrogen-bond acceptors (Lipinski definition) is 2. The van der Waals surface area contributed by atoms with E-state index in [1.165, 1.54) is 18.4 Å². The van der Waals surface area contributed by atoms with E-state index in [0.717, 1.165) is 0 Å². The quantitative estimate of drug-likeness (QED) is 0.797. The van der Waals surface area contributed by atoms with Crippen LogP contribution in [0.15, 0.2) is 30.3 Å². The molecule has 2 N–H and O–H groups in total. The van der Waals surface area contributed by atoms with E-state index >= 15 is 0 Å². The molecular weight excluding hydrogens is 244 g/mol. The van der Waals surface area contributed by atoms with Crippen molar-refractivity contribution >= 4 is 17.3 Å². The summed E-state index contributed by atoms with van der Waals surface area (Å²) in [5.74, 6) is 0.688. The van der Waals surface area contributed by atoms with Gasteiger partial charge in [-0.15, -0.1) is 0 Å². The van der Waals surface area contributed by atoms with Crippen molar-refractivity contribution < 1.29 is 5.11 Å². The molecule has 0 aliphatic heterocycles. The highest BCUT2D eigenvalue weighted by atomic mass is 32.1. The highest BCUT2D eigenvalue weighted by Gasteiger charge is 2.32. The van der Waals surface area contributed by atoms with Crippen LogP contribution in [0.5, 0.6) is 0 Å². The van der Waals surface area contributed by atoms with Crippen LogP contribution in [-0.2, 0) is 0 Å². The highest BCUT2D eigenvalue weighted by Crippen LogP contribution is 2.40. The second-order valence-corrected chi connectivity index (χ2v) is 5.21. The first-order valence-electron chi connectivity index (χ1n) is 6.40. The Kier molecular flexibility index (Phi) is 4.55. The third-order valence-electron chi connectivity index (χ3n) is 3.31. The summed E-state index contributed by atoms with van der Waals surface area (Å²) in [5, 5.41) is 13.1. The van der Waals surface area contributed by atoms with Gasteiger partial charge in [-0.05, 0) is 36.5 Å². The zero-order valence-corrected chi connectivity index (χ0v) is 11.5. The molecule has 0 radical (unpaired) electrons. The molecular formula is C14H20N2OS. The molecule has 0 amide bonds. The number of aliphatic hydroxyl groups is 1. The minimum absolute atomic E-state index is 0.123. The van der Waals surface area contributed by atoms with Crippen LogP contribution in [0.1, 0.15) is 24.4 Å². The molecule has 3 nitrogen and oxygen atoms in total. The molecule has 0 spiro atoms. The number of aliphatic hydroxyl groups excluding tert-OH is 1. The van der Waals surface area contributed by atoms with Gasteiger partial charge in [0.25, 0.3) is 0 Å². The van der Waals surface area contributed by atoms with Gasteiger partial charge >= 0.3 is 0 Å². The van der Waals surface area contributed by atoms with Crippen molar-refractivity contribution in [3.63, 3.8) is 0 Å². The normalized spacial score (nSPS) is 16.1. The Labute approximate surface area is 114 Å². The largest absolute Gasteiger partial charge is 0.395 e. The van der Waals surface area contributed by atoms with E-state index in [9.17, 15) is 0 Å². The number of rotatable bonds is 5. The van der Waals surface area contributed by atoms with E-state index in [0.29, 0.717) is 23.6 Å². The van der Waals surface area contributed by atoms with Gasteiger partial charge in [-0.25, -0.2) is 0 Å². The van der Waals surface area contributed by atoms with Crippen LogP contribution in [0, 0.1) is 5.92 Å². The standard InChI is InChI=1S/C14H20N2OS/c1-16(9-10-17)14(18)15-13(12-7-8-12)11-5-3-2-4-6-11/h2-6,12-13,17H,7-10H2,1H3,(H,15,18). The molecule has 0 heterocycles. The van der Waals surface area contributed by atoms with Crippen LogP contribution in [0.3, 0.4) is 0 Å². The second-order valence-electron chi connectivity index (χ2n) is 4.82. The van der Waals surface area contributed by atoms with Crippen LogP contribution in [0.4, 0.5) is 0 Å². The first-order valence-corrected chi connectivity index (χ1v) is 6.80. The molecule has 1 aliphatic carbocycles. The molecule has 4 heteroatoms. The van der Waals surface area contributed by atoms with Crippen molar-refractivity contribution in [1.29, 1.82) is 0 Å². The minimum atomic E-state index is 0.123. The van der Waals surface area contributed by atoms with E-state index in [1.54, 1.807) is 0 Å². The first kappa shape index (κ1) is 13.3. The van der Waals surface area contributed by atoms with Crippen molar-refractivity contribution in [3.05, 3.63) is 35.9 Å². The number of nitrogens with one attached hydrogen (secondary N) is 1. The average Bonchev–Trinajstić information content (AvgIpc) is 3.21. The Bertz CT molecular complexity index is 392. The molecule has 1 aliphatic rings.